The zero-order valence-corrected chi connectivity index (χ0v) is 18.0. The Morgan fingerprint density at radius 2 is 1.61 bits per heavy atom. The Kier molecular flexibility index (Phi) is 6.06. The summed E-state index contributed by atoms with van der Waals surface area (Å²) in [7, 11) is 4.57. The maximum absolute atomic E-state index is 12.9. The number of aryl methyl sites for hydroxylation is 1. The van der Waals surface area contributed by atoms with E-state index in [1.807, 2.05) is 24.3 Å². The fourth-order valence-electron chi connectivity index (χ4n) is 3.81. The van der Waals surface area contributed by atoms with Crippen LogP contribution >= 0.6 is 0 Å². The Hall–Kier alpha value is -3.55. The Balaban J connectivity index is 1.55. The molecule has 0 atom stereocenters. The van der Waals surface area contributed by atoms with Crippen LogP contribution in [0.15, 0.2) is 36.4 Å². The number of benzene rings is 2. The van der Waals surface area contributed by atoms with Crippen LogP contribution in [-0.2, 0) is 13.0 Å². The molecule has 1 aliphatic rings. The molecule has 1 aliphatic heterocycles. The second-order valence-electron chi connectivity index (χ2n) is 7.34. The van der Waals surface area contributed by atoms with Crippen molar-refractivity contribution in [3.8, 4) is 28.6 Å². The SMILES string of the molecule is COc1cc(OC)c(C(=O)Nc2ccc(-c3nnc4n3CCCCC4)cc2)cc1OC. The monoisotopic (exact) mass is 422 g/mol. The van der Waals surface area contributed by atoms with Gasteiger partial charge in [0.1, 0.15) is 11.6 Å². The summed E-state index contributed by atoms with van der Waals surface area (Å²) >= 11 is 0. The molecule has 31 heavy (non-hydrogen) atoms. The van der Waals surface area contributed by atoms with Gasteiger partial charge in [0, 0.05) is 36.3 Å². The first-order valence-electron chi connectivity index (χ1n) is 10.3. The molecule has 3 aromatic rings. The number of anilines is 1. The van der Waals surface area contributed by atoms with E-state index in [-0.39, 0.29) is 5.91 Å². The summed E-state index contributed by atoms with van der Waals surface area (Å²) in [5.74, 6) is 2.96. The Bertz CT molecular complexity index is 1080. The number of carbonyl (C=O) groups is 1. The lowest BCUT2D eigenvalue weighted by molar-refractivity contribution is 0.102. The second kappa shape index (κ2) is 9.07. The highest BCUT2D eigenvalue weighted by atomic mass is 16.5. The molecule has 0 saturated heterocycles. The van der Waals surface area contributed by atoms with Crippen LogP contribution in [0.1, 0.15) is 35.4 Å². The van der Waals surface area contributed by atoms with Crippen LogP contribution < -0.4 is 19.5 Å². The molecule has 4 rings (SSSR count). The van der Waals surface area contributed by atoms with Gasteiger partial charge in [-0.05, 0) is 37.1 Å². The smallest absolute Gasteiger partial charge is 0.259 e. The van der Waals surface area contributed by atoms with Gasteiger partial charge in [0.2, 0.25) is 0 Å². The molecule has 162 valence electrons. The van der Waals surface area contributed by atoms with E-state index < -0.39 is 0 Å². The number of ether oxygens (including phenoxy) is 3. The number of methoxy groups -OCH3 is 3. The van der Waals surface area contributed by atoms with E-state index in [9.17, 15) is 4.79 Å². The Morgan fingerprint density at radius 3 is 2.32 bits per heavy atom. The fraction of sp³-hybridized carbons (Fsp3) is 0.348. The van der Waals surface area contributed by atoms with Gasteiger partial charge >= 0.3 is 0 Å². The predicted molar refractivity (Wildman–Crippen MR) is 117 cm³/mol. The highest BCUT2D eigenvalue weighted by molar-refractivity contribution is 6.06. The number of hydrogen-bond donors (Lipinski definition) is 1. The summed E-state index contributed by atoms with van der Waals surface area (Å²) < 4.78 is 18.2. The lowest BCUT2D eigenvalue weighted by Crippen LogP contribution is -2.13. The fourth-order valence-corrected chi connectivity index (χ4v) is 3.81. The van der Waals surface area contributed by atoms with E-state index in [0.29, 0.717) is 28.5 Å². The Labute approximate surface area is 181 Å². The van der Waals surface area contributed by atoms with Gasteiger partial charge in [0.15, 0.2) is 17.3 Å². The number of amides is 1. The van der Waals surface area contributed by atoms with Crippen molar-refractivity contribution in [3.63, 3.8) is 0 Å². The highest BCUT2D eigenvalue weighted by Gasteiger charge is 2.19. The third-order valence-corrected chi connectivity index (χ3v) is 5.46. The van der Waals surface area contributed by atoms with Crippen molar-refractivity contribution in [1.29, 1.82) is 0 Å². The van der Waals surface area contributed by atoms with Crippen molar-refractivity contribution in [2.24, 2.45) is 0 Å². The third kappa shape index (κ3) is 4.19. The van der Waals surface area contributed by atoms with Crippen LogP contribution in [0.25, 0.3) is 11.4 Å². The standard InChI is InChI=1S/C23H26N4O4/c1-29-18-14-20(31-3)19(30-2)13-17(18)23(28)24-16-10-8-15(9-11-16)22-26-25-21-7-5-4-6-12-27(21)22/h8-11,13-14H,4-7,12H2,1-3H3,(H,24,28). The molecule has 8 nitrogen and oxygen atoms in total. The van der Waals surface area contributed by atoms with E-state index in [1.54, 1.807) is 12.1 Å². The number of rotatable bonds is 6. The summed E-state index contributed by atoms with van der Waals surface area (Å²) in [5, 5.41) is 11.7. The van der Waals surface area contributed by atoms with Crippen LogP contribution in [0, 0.1) is 0 Å². The minimum absolute atomic E-state index is 0.304. The molecular formula is C23H26N4O4. The molecule has 0 radical (unpaired) electrons. The van der Waals surface area contributed by atoms with Crippen LogP contribution in [0.4, 0.5) is 5.69 Å². The van der Waals surface area contributed by atoms with E-state index in [0.717, 1.165) is 43.0 Å². The first-order chi connectivity index (χ1) is 15.1. The predicted octanol–water partition coefficient (Wildman–Crippen LogP) is 3.95. The summed E-state index contributed by atoms with van der Waals surface area (Å²) in [6.45, 7) is 0.940. The topological polar surface area (TPSA) is 87.5 Å². The lowest BCUT2D eigenvalue weighted by atomic mass is 10.1. The van der Waals surface area contributed by atoms with Crippen LogP contribution in [0.5, 0.6) is 17.2 Å². The molecule has 2 heterocycles. The van der Waals surface area contributed by atoms with Gasteiger partial charge in [-0.2, -0.15) is 0 Å². The number of carbonyl (C=O) groups excluding carboxylic acids is 1. The summed E-state index contributed by atoms with van der Waals surface area (Å²) in [5.41, 5.74) is 2.00. The molecular weight excluding hydrogens is 396 g/mol. The molecule has 0 unspecified atom stereocenters. The largest absolute Gasteiger partial charge is 0.496 e. The van der Waals surface area contributed by atoms with Crippen LogP contribution in [0.2, 0.25) is 0 Å². The molecule has 0 saturated carbocycles. The minimum atomic E-state index is -0.304. The van der Waals surface area contributed by atoms with Gasteiger partial charge in [0.25, 0.3) is 5.91 Å². The van der Waals surface area contributed by atoms with E-state index in [1.165, 1.54) is 27.8 Å². The summed E-state index contributed by atoms with van der Waals surface area (Å²) in [4.78, 5) is 12.9. The van der Waals surface area contributed by atoms with Gasteiger partial charge in [-0.15, -0.1) is 10.2 Å². The van der Waals surface area contributed by atoms with Gasteiger partial charge in [-0.3, -0.25) is 4.79 Å². The Morgan fingerprint density at radius 1 is 0.903 bits per heavy atom. The number of aromatic nitrogens is 3. The summed E-state index contributed by atoms with van der Waals surface area (Å²) in [6.07, 6.45) is 4.48. The van der Waals surface area contributed by atoms with Crippen molar-refractivity contribution in [2.75, 3.05) is 26.6 Å². The molecule has 0 fully saturated rings. The number of hydrogen-bond acceptors (Lipinski definition) is 6. The van der Waals surface area contributed by atoms with Crippen LogP contribution in [0.3, 0.4) is 0 Å². The average molecular weight is 422 g/mol. The maximum Gasteiger partial charge on any atom is 0.259 e. The summed E-state index contributed by atoms with van der Waals surface area (Å²) in [6, 6.07) is 10.9. The third-order valence-electron chi connectivity index (χ3n) is 5.46. The number of nitrogens with one attached hydrogen (secondary N) is 1. The molecule has 0 aliphatic carbocycles. The van der Waals surface area contributed by atoms with E-state index in [4.69, 9.17) is 14.2 Å². The average Bonchev–Trinajstić information content (AvgIpc) is 3.06. The second-order valence-corrected chi connectivity index (χ2v) is 7.34. The first-order valence-corrected chi connectivity index (χ1v) is 10.3. The minimum Gasteiger partial charge on any atom is -0.496 e. The van der Waals surface area contributed by atoms with Crippen molar-refractivity contribution in [1.82, 2.24) is 14.8 Å². The van der Waals surface area contributed by atoms with Crippen molar-refractivity contribution < 1.29 is 19.0 Å². The van der Waals surface area contributed by atoms with Gasteiger partial charge < -0.3 is 24.1 Å². The normalized spacial score (nSPS) is 13.1. The molecule has 0 bridgehead atoms. The molecule has 0 spiro atoms. The number of nitrogens with zero attached hydrogens (tertiary/aromatic N) is 3. The lowest BCUT2D eigenvalue weighted by Gasteiger charge is -2.14. The van der Waals surface area contributed by atoms with Gasteiger partial charge in [-0.25, -0.2) is 0 Å². The first kappa shape index (κ1) is 20.7. The zero-order valence-electron chi connectivity index (χ0n) is 18.0. The quantitative estimate of drug-likeness (QED) is 0.647. The van der Waals surface area contributed by atoms with E-state index in [2.05, 4.69) is 20.1 Å². The van der Waals surface area contributed by atoms with E-state index >= 15 is 0 Å². The van der Waals surface area contributed by atoms with Crippen molar-refractivity contribution in [3.05, 3.63) is 47.8 Å². The highest BCUT2D eigenvalue weighted by Crippen LogP contribution is 2.35. The van der Waals surface area contributed by atoms with Gasteiger partial charge in [0.05, 0.1) is 26.9 Å². The molecule has 1 amide bonds. The van der Waals surface area contributed by atoms with Gasteiger partial charge in [-0.1, -0.05) is 6.42 Å². The van der Waals surface area contributed by atoms with Crippen molar-refractivity contribution >= 4 is 11.6 Å². The zero-order chi connectivity index (χ0) is 21.8. The number of fused-ring (bicyclic) bond motifs is 1. The molecule has 2 aromatic carbocycles. The van der Waals surface area contributed by atoms with Crippen molar-refractivity contribution in [2.45, 2.75) is 32.2 Å². The molecule has 1 N–H and O–H groups in total. The maximum atomic E-state index is 12.9. The molecule has 8 heteroatoms. The molecule has 1 aromatic heterocycles. The van der Waals surface area contributed by atoms with Crippen LogP contribution in [-0.4, -0.2) is 42.0 Å².